The first-order chi connectivity index (χ1) is 25.1. The smallest absolute Gasteiger partial charge is 0.335 e. The first-order valence-electron chi connectivity index (χ1n) is 15.0. The highest BCUT2D eigenvalue weighted by Gasteiger charge is 2.34. The van der Waals surface area contributed by atoms with Crippen LogP contribution in [0, 0.1) is 0 Å². The van der Waals surface area contributed by atoms with Crippen LogP contribution in [-0.2, 0) is 20.2 Å². The van der Waals surface area contributed by atoms with Gasteiger partial charge in [0.15, 0.2) is 11.4 Å². The van der Waals surface area contributed by atoms with E-state index in [4.69, 9.17) is 0 Å². The maximum Gasteiger partial charge on any atom is 0.335 e. The van der Waals surface area contributed by atoms with Crippen LogP contribution in [0.3, 0.4) is 0 Å². The predicted molar refractivity (Wildman–Crippen MR) is 195 cm³/mol. The lowest BCUT2D eigenvalue weighted by atomic mass is 9.94. The van der Waals surface area contributed by atoms with E-state index < -0.39 is 65.0 Å². The lowest BCUT2D eigenvalue weighted by molar-refractivity contribution is 0.0696. The van der Waals surface area contributed by atoms with Gasteiger partial charge in [0.25, 0.3) is 20.2 Å². The molecule has 2 amide bonds. The lowest BCUT2D eigenvalue weighted by Gasteiger charge is -2.18. The molecule has 6 rings (SSSR count). The van der Waals surface area contributed by atoms with Crippen LogP contribution >= 0.6 is 0 Å². The highest BCUT2D eigenvalue weighted by atomic mass is 32.2. The normalized spacial score (nSPS) is 15.5. The summed E-state index contributed by atoms with van der Waals surface area (Å²) in [5, 5.41) is 22.0. The molecule has 17 nitrogen and oxygen atoms in total. The van der Waals surface area contributed by atoms with Crippen molar-refractivity contribution in [1.82, 2.24) is 0 Å². The maximum absolute atomic E-state index is 13.3. The number of nitrogens with zero attached hydrogens (tertiary/aromatic N) is 2. The van der Waals surface area contributed by atoms with Crippen molar-refractivity contribution in [3.05, 3.63) is 129 Å². The van der Waals surface area contributed by atoms with Crippen LogP contribution in [0.15, 0.2) is 111 Å². The van der Waals surface area contributed by atoms with Crippen molar-refractivity contribution in [3.8, 4) is 0 Å². The van der Waals surface area contributed by atoms with E-state index in [2.05, 4.69) is 31.7 Å². The van der Waals surface area contributed by atoms with Gasteiger partial charge in [-0.25, -0.2) is 9.59 Å². The molecule has 0 fully saturated rings. The fraction of sp³-hybridized carbons (Fsp3) is 0. The Morgan fingerprint density at radius 1 is 0.566 bits per heavy atom. The van der Waals surface area contributed by atoms with Gasteiger partial charge >= 0.3 is 12.0 Å². The largest absolute Gasteiger partial charge is 0.478 e. The van der Waals surface area contributed by atoms with Gasteiger partial charge in [0.2, 0.25) is 11.6 Å². The molecule has 2 aliphatic rings. The van der Waals surface area contributed by atoms with Crippen LogP contribution in [0.4, 0.5) is 27.5 Å². The van der Waals surface area contributed by atoms with Crippen LogP contribution in [0.25, 0.3) is 12.2 Å². The zero-order chi connectivity index (χ0) is 38.1. The van der Waals surface area contributed by atoms with Gasteiger partial charge in [-0.3, -0.25) is 29.5 Å². The van der Waals surface area contributed by atoms with E-state index in [1.165, 1.54) is 60.7 Å². The van der Waals surface area contributed by atoms with Gasteiger partial charge in [0.1, 0.15) is 9.81 Å². The van der Waals surface area contributed by atoms with Gasteiger partial charge < -0.3 is 15.7 Å². The number of carbonyl (C=O) groups excluding carboxylic acids is 3. The summed E-state index contributed by atoms with van der Waals surface area (Å²) in [6.45, 7) is 0. The molecule has 2 aliphatic carbocycles. The molecular weight excluding hydrogens is 733 g/mol. The number of carboxylic acid groups (broad SMARTS) is 1. The Hall–Kier alpha value is -6.80. The molecule has 0 saturated heterocycles. The minimum absolute atomic E-state index is 0.00152. The number of hydrogen-bond donors (Lipinski definition) is 7. The number of carboxylic acids is 1. The van der Waals surface area contributed by atoms with Crippen molar-refractivity contribution in [3.63, 3.8) is 0 Å². The van der Waals surface area contributed by atoms with E-state index in [9.17, 15) is 50.2 Å². The number of anilines is 4. The standard InChI is InChI=1S/C34H24N6O11S2/c41-31-25-11-9-22(14-19(25)16-27(52(46,47)48)29(31)39-37-21-6-2-1-3-7-21)35-34(45)36-23-10-12-26-20(15-23)17-28(53(49,50)51)30(32(26)42)40-38-24-8-4-5-18(13-24)33(43)44/h1-17,37-38H,(H,43,44)(H2,35,36,45)(H,46,47,48)(H,49,50,51)/b39-29+,40-30+. The summed E-state index contributed by atoms with van der Waals surface area (Å²) >= 11 is 0. The third-order valence-corrected chi connectivity index (χ3v) is 9.35. The Bertz CT molecular complexity index is 2600. The molecule has 0 aromatic heterocycles. The molecule has 4 aromatic carbocycles. The average Bonchev–Trinajstić information content (AvgIpc) is 3.10. The molecule has 0 radical (unpaired) electrons. The number of amides is 2. The van der Waals surface area contributed by atoms with Gasteiger partial charge in [-0.15, -0.1) is 0 Å². The van der Waals surface area contributed by atoms with Gasteiger partial charge in [0.05, 0.1) is 16.9 Å². The summed E-state index contributed by atoms with van der Waals surface area (Å²) in [5.74, 6) is -2.95. The van der Waals surface area contributed by atoms with Crippen molar-refractivity contribution in [2.75, 3.05) is 21.5 Å². The molecule has 19 heteroatoms. The number of rotatable bonds is 9. The van der Waals surface area contributed by atoms with Crippen LogP contribution in [0.1, 0.15) is 42.2 Å². The molecule has 0 bridgehead atoms. The number of carbonyl (C=O) groups is 4. The molecule has 0 aliphatic heterocycles. The first-order valence-corrected chi connectivity index (χ1v) is 17.9. The van der Waals surface area contributed by atoms with E-state index in [0.717, 1.165) is 12.2 Å². The van der Waals surface area contributed by atoms with Crippen molar-refractivity contribution in [2.45, 2.75) is 0 Å². The molecule has 53 heavy (non-hydrogen) atoms. The molecular formula is C34H24N6O11S2. The minimum atomic E-state index is -5.01. The van der Waals surface area contributed by atoms with Crippen LogP contribution < -0.4 is 21.5 Å². The van der Waals surface area contributed by atoms with Gasteiger partial charge in [-0.1, -0.05) is 24.3 Å². The molecule has 0 unspecified atom stereocenters. The molecule has 4 aromatic rings. The zero-order valence-corrected chi connectivity index (χ0v) is 28.3. The van der Waals surface area contributed by atoms with E-state index in [1.54, 1.807) is 30.3 Å². The van der Waals surface area contributed by atoms with E-state index >= 15 is 0 Å². The molecule has 0 heterocycles. The van der Waals surface area contributed by atoms with Gasteiger partial charge in [-0.2, -0.15) is 27.0 Å². The second-order valence-corrected chi connectivity index (χ2v) is 14.0. The number of allylic oxidation sites excluding steroid dienone is 2. The highest BCUT2D eigenvalue weighted by Crippen LogP contribution is 2.30. The predicted octanol–water partition coefficient (Wildman–Crippen LogP) is 4.82. The topological polar surface area (TPSA) is 270 Å². The van der Waals surface area contributed by atoms with Crippen molar-refractivity contribution < 1.29 is 50.2 Å². The number of Topliss-reactive ketones (excluding diaryl/α,β-unsaturated/α-hetero) is 2. The maximum atomic E-state index is 13.3. The Kier molecular flexibility index (Phi) is 9.56. The number of urea groups is 1. The number of nitrogens with one attached hydrogen (secondary N) is 4. The van der Waals surface area contributed by atoms with Crippen LogP contribution in [-0.4, -0.2) is 66.0 Å². The van der Waals surface area contributed by atoms with E-state index in [1.807, 2.05) is 0 Å². The Balaban J connectivity index is 1.22. The van der Waals surface area contributed by atoms with E-state index in [-0.39, 0.29) is 44.9 Å². The van der Waals surface area contributed by atoms with Gasteiger partial charge in [-0.05, 0) is 90.0 Å². The summed E-state index contributed by atoms with van der Waals surface area (Å²) in [5.41, 5.74) is 4.47. The van der Waals surface area contributed by atoms with Crippen molar-refractivity contribution >= 4 is 90.1 Å². The quantitative estimate of drug-likeness (QED) is 0.0893. The van der Waals surface area contributed by atoms with Gasteiger partial charge in [0, 0.05) is 22.5 Å². The van der Waals surface area contributed by atoms with Crippen LogP contribution in [0.5, 0.6) is 0 Å². The Morgan fingerprint density at radius 2 is 1.04 bits per heavy atom. The number of hydrogen-bond acceptors (Lipinski definition) is 12. The second-order valence-electron chi connectivity index (χ2n) is 11.2. The zero-order valence-electron chi connectivity index (χ0n) is 26.6. The average molecular weight is 757 g/mol. The lowest BCUT2D eigenvalue weighted by Crippen LogP contribution is -2.27. The number of ketones is 2. The minimum Gasteiger partial charge on any atom is -0.478 e. The summed E-state index contributed by atoms with van der Waals surface area (Å²) < 4.78 is 68.7. The number of para-hydroxylation sites is 1. The highest BCUT2D eigenvalue weighted by molar-refractivity contribution is 7.91. The van der Waals surface area contributed by atoms with E-state index in [0.29, 0.717) is 5.69 Å². The number of hydrazone groups is 2. The fourth-order valence-electron chi connectivity index (χ4n) is 5.21. The number of aromatic carboxylic acids is 1. The third-order valence-electron chi connectivity index (χ3n) is 7.61. The third kappa shape index (κ3) is 7.92. The first kappa shape index (κ1) is 36.0. The monoisotopic (exact) mass is 756 g/mol. The summed E-state index contributed by atoms with van der Waals surface area (Å²) in [7, 11) is -9.94. The summed E-state index contributed by atoms with van der Waals surface area (Å²) in [6, 6.07) is 20.7. The second kappa shape index (κ2) is 14.1. The Morgan fingerprint density at radius 3 is 1.51 bits per heavy atom. The summed E-state index contributed by atoms with van der Waals surface area (Å²) in [4.78, 5) is 49.2. The van der Waals surface area contributed by atoms with Crippen LogP contribution in [0.2, 0.25) is 0 Å². The van der Waals surface area contributed by atoms with Crippen molar-refractivity contribution in [1.29, 1.82) is 0 Å². The molecule has 268 valence electrons. The number of fused-ring (bicyclic) bond motifs is 2. The summed E-state index contributed by atoms with van der Waals surface area (Å²) in [6.07, 6.45) is 2.00. The molecule has 7 N–H and O–H groups in total. The molecule has 0 atom stereocenters. The van der Waals surface area contributed by atoms with Crippen molar-refractivity contribution in [2.24, 2.45) is 10.2 Å². The number of benzene rings is 4. The molecule has 0 spiro atoms. The fourth-order valence-corrected chi connectivity index (χ4v) is 6.52. The SMILES string of the molecule is O=C(Nc1ccc2c(c1)C=C(S(=O)(=O)O)/C(=N\Nc1ccccc1)C2=O)Nc1ccc2c(c1)C=C(S(=O)(=O)O)/C(=N\Nc1cccc(C(=O)O)c1)C2=O. The Labute approximate surface area is 299 Å². The molecule has 0 saturated carbocycles.